The second-order valence-corrected chi connectivity index (χ2v) is 6.12. The molecule has 1 aliphatic heterocycles. The molecule has 0 saturated carbocycles. The maximum Gasteiger partial charge on any atom is 0.339 e. The molecule has 1 amide bonds. The van der Waals surface area contributed by atoms with Crippen molar-refractivity contribution < 1.29 is 23.5 Å². The Morgan fingerprint density at radius 2 is 1.88 bits per heavy atom. The Morgan fingerprint density at radius 1 is 1.19 bits per heavy atom. The molecule has 9 heteroatoms. The predicted molar refractivity (Wildman–Crippen MR) is 87.7 cm³/mol. The molecular formula is C17H18F2N4O3. The lowest BCUT2D eigenvalue weighted by Gasteiger charge is -2.34. The van der Waals surface area contributed by atoms with E-state index < -0.39 is 23.5 Å². The highest BCUT2D eigenvalue weighted by Crippen LogP contribution is 2.17. The van der Waals surface area contributed by atoms with Crippen LogP contribution in [0.2, 0.25) is 0 Å². The number of hydrogen-bond donors (Lipinski definition) is 1. The summed E-state index contributed by atoms with van der Waals surface area (Å²) in [5, 5.41) is 13.0. The van der Waals surface area contributed by atoms with Gasteiger partial charge in [0.05, 0.1) is 6.20 Å². The van der Waals surface area contributed by atoms with Gasteiger partial charge < -0.3 is 10.0 Å². The zero-order valence-electron chi connectivity index (χ0n) is 14.2. The first-order chi connectivity index (χ1) is 12.4. The molecule has 3 rings (SSSR count). The standard InChI is InChI=1S/C17H18F2N4O3/c1-21-15(12(9-20-21)17(25)26)16(24)23-7-5-22(6-8-23)10-11-3-2-4-13(18)14(11)19/h2-4,9H,5-8,10H2,1H3,(H,25,26). The van der Waals surface area contributed by atoms with Crippen LogP contribution in [0.4, 0.5) is 8.78 Å². The van der Waals surface area contributed by atoms with Crippen molar-refractivity contribution in [2.45, 2.75) is 6.54 Å². The first-order valence-electron chi connectivity index (χ1n) is 8.08. The molecule has 0 aliphatic carbocycles. The van der Waals surface area contributed by atoms with Crippen LogP contribution in [0.5, 0.6) is 0 Å². The fourth-order valence-corrected chi connectivity index (χ4v) is 3.02. The molecule has 1 aliphatic rings. The molecule has 26 heavy (non-hydrogen) atoms. The Labute approximate surface area is 148 Å². The molecule has 0 spiro atoms. The molecule has 7 nitrogen and oxygen atoms in total. The van der Waals surface area contributed by atoms with Crippen LogP contribution in [0.3, 0.4) is 0 Å². The van der Waals surface area contributed by atoms with Crippen LogP contribution in [0.25, 0.3) is 0 Å². The Kier molecular flexibility index (Phi) is 4.99. The molecule has 1 aromatic heterocycles. The number of benzene rings is 1. The lowest BCUT2D eigenvalue weighted by molar-refractivity contribution is 0.0598. The molecule has 138 valence electrons. The van der Waals surface area contributed by atoms with E-state index in [4.69, 9.17) is 0 Å². The fourth-order valence-electron chi connectivity index (χ4n) is 3.02. The third-order valence-electron chi connectivity index (χ3n) is 4.46. The minimum atomic E-state index is -1.21. The van der Waals surface area contributed by atoms with Crippen molar-refractivity contribution in [1.29, 1.82) is 0 Å². The number of carboxylic acids is 1. The lowest BCUT2D eigenvalue weighted by atomic mass is 10.1. The zero-order chi connectivity index (χ0) is 18.8. The van der Waals surface area contributed by atoms with Crippen LogP contribution in [-0.2, 0) is 13.6 Å². The van der Waals surface area contributed by atoms with Crippen LogP contribution < -0.4 is 0 Å². The highest BCUT2D eigenvalue weighted by Gasteiger charge is 2.28. The minimum absolute atomic E-state index is 0.0297. The van der Waals surface area contributed by atoms with Crippen LogP contribution in [0.1, 0.15) is 26.4 Å². The Balaban J connectivity index is 1.65. The number of carbonyl (C=O) groups excluding carboxylic acids is 1. The number of hydrogen-bond acceptors (Lipinski definition) is 4. The smallest absolute Gasteiger partial charge is 0.339 e. The van der Waals surface area contributed by atoms with E-state index in [0.29, 0.717) is 26.2 Å². The van der Waals surface area contributed by atoms with E-state index in [1.54, 1.807) is 4.90 Å². The van der Waals surface area contributed by atoms with E-state index in [0.717, 1.165) is 12.3 Å². The monoisotopic (exact) mass is 364 g/mol. The van der Waals surface area contributed by atoms with Crippen molar-refractivity contribution in [3.05, 3.63) is 52.9 Å². The van der Waals surface area contributed by atoms with Gasteiger partial charge in [0.15, 0.2) is 11.6 Å². The summed E-state index contributed by atoms with van der Waals surface area (Å²) in [4.78, 5) is 27.3. The normalized spacial score (nSPS) is 15.3. The summed E-state index contributed by atoms with van der Waals surface area (Å²) >= 11 is 0. The number of aryl methyl sites for hydroxylation is 1. The summed E-state index contributed by atoms with van der Waals surface area (Å²) in [6.07, 6.45) is 1.15. The topological polar surface area (TPSA) is 78.7 Å². The number of rotatable bonds is 4. The quantitative estimate of drug-likeness (QED) is 0.886. The zero-order valence-corrected chi connectivity index (χ0v) is 14.2. The number of halogens is 2. The molecule has 0 bridgehead atoms. The van der Waals surface area contributed by atoms with Gasteiger partial charge in [-0.2, -0.15) is 5.10 Å². The van der Waals surface area contributed by atoms with Gasteiger partial charge in [-0.3, -0.25) is 14.4 Å². The van der Waals surface area contributed by atoms with Crippen LogP contribution >= 0.6 is 0 Å². The number of aromatic carboxylic acids is 1. The van der Waals surface area contributed by atoms with E-state index in [1.165, 1.54) is 23.9 Å². The van der Waals surface area contributed by atoms with E-state index in [2.05, 4.69) is 5.10 Å². The third-order valence-corrected chi connectivity index (χ3v) is 4.46. The molecule has 1 aromatic carbocycles. The van der Waals surface area contributed by atoms with Crippen LogP contribution in [0, 0.1) is 11.6 Å². The van der Waals surface area contributed by atoms with Gasteiger partial charge in [-0.05, 0) is 6.07 Å². The van der Waals surface area contributed by atoms with E-state index in [1.807, 2.05) is 4.90 Å². The van der Waals surface area contributed by atoms with Crippen LogP contribution in [-0.4, -0.2) is 62.7 Å². The number of carboxylic acid groups (broad SMARTS) is 1. The summed E-state index contributed by atoms with van der Waals surface area (Å²) in [5.41, 5.74) is 0.161. The maximum absolute atomic E-state index is 13.8. The van der Waals surface area contributed by atoms with E-state index in [9.17, 15) is 23.5 Å². The summed E-state index contributed by atoms with van der Waals surface area (Å²) in [7, 11) is 1.52. The van der Waals surface area contributed by atoms with Crippen molar-refractivity contribution in [1.82, 2.24) is 19.6 Å². The minimum Gasteiger partial charge on any atom is -0.478 e. The molecule has 2 aromatic rings. The first kappa shape index (κ1) is 18.0. The number of aromatic nitrogens is 2. The number of carbonyl (C=O) groups is 2. The molecule has 1 N–H and O–H groups in total. The number of nitrogens with zero attached hydrogens (tertiary/aromatic N) is 4. The third kappa shape index (κ3) is 3.43. The molecule has 0 atom stereocenters. The fraction of sp³-hybridized carbons (Fsp3) is 0.353. The summed E-state index contributed by atoms with van der Waals surface area (Å²) < 4.78 is 28.3. The second kappa shape index (κ2) is 7.20. The predicted octanol–water partition coefficient (Wildman–Crippen LogP) is 1.35. The number of piperazine rings is 1. The van der Waals surface area contributed by atoms with Crippen molar-refractivity contribution in [3.8, 4) is 0 Å². The highest BCUT2D eigenvalue weighted by atomic mass is 19.2. The van der Waals surface area contributed by atoms with Crippen LogP contribution in [0.15, 0.2) is 24.4 Å². The SMILES string of the molecule is Cn1ncc(C(=O)O)c1C(=O)N1CCN(Cc2cccc(F)c2F)CC1. The number of amides is 1. The lowest BCUT2D eigenvalue weighted by Crippen LogP contribution is -2.49. The summed E-state index contributed by atoms with van der Waals surface area (Å²) in [6.45, 7) is 1.92. The molecule has 1 saturated heterocycles. The van der Waals surface area contributed by atoms with Gasteiger partial charge in [0.25, 0.3) is 5.91 Å². The largest absolute Gasteiger partial charge is 0.478 e. The van der Waals surface area contributed by atoms with Gasteiger partial charge in [-0.1, -0.05) is 12.1 Å². The highest BCUT2D eigenvalue weighted by molar-refractivity contribution is 6.03. The Morgan fingerprint density at radius 3 is 2.54 bits per heavy atom. The van der Waals surface area contributed by atoms with Gasteiger partial charge in [0.1, 0.15) is 11.3 Å². The average molecular weight is 364 g/mol. The average Bonchev–Trinajstić information content (AvgIpc) is 3.01. The van der Waals surface area contributed by atoms with E-state index in [-0.39, 0.29) is 23.4 Å². The molecule has 1 fully saturated rings. The first-order valence-corrected chi connectivity index (χ1v) is 8.08. The maximum atomic E-state index is 13.8. The summed E-state index contributed by atoms with van der Waals surface area (Å²) in [5.74, 6) is -3.35. The van der Waals surface area contributed by atoms with Gasteiger partial charge in [0, 0.05) is 45.3 Å². The van der Waals surface area contributed by atoms with Crippen molar-refractivity contribution >= 4 is 11.9 Å². The van der Waals surface area contributed by atoms with Crippen molar-refractivity contribution in [2.24, 2.45) is 7.05 Å². The van der Waals surface area contributed by atoms with Gasteiger partial charge in [-0.25, -0.2) is 13.6 Å². The Hall–Kier alpha value is -2.81. The summed E-state index contributed by atoms with van der Waals surface area (Å²) in [6, 6.07) is 4.07. The van der Waals surface area contributed by atoms with Gasteiger partial charge in [0.2, 0.25) is 0 Å². The van der Waals surface area contributed by atoms with Crippen molar-refractivity contribution in [3.63, 3.8) is 0 Å². The second-order valence-electron chi connectivity index (χ2n) is 6.12. The van der Waals surface area contributed by atoms with Crippen molar-refractivity contribution in [2.75, 3.05) is 26.2 Å². The van der Waals surface area contributed by atoms with Gasteiger partial charge in [-0.15, -0.1) is 0 Å². The van der Waals surface area contributed by atoms with E-state index >= 15 is 0 Å². The Bertz CT molecular complexity index is 845. The molecule has 0 radical (unpaired) electrons. The molecular weight excluding hydrogens is 346 g/mol. The molecule has 2 heterocycles. The molecule has 0 unspecified atom stereocenters. The van der Waals surface area contributed by atoms with Gasteiger partial charge >= 0.3 is 5.97 Å².